The van der Waals surface area contributed by atoms with Crippen molar-refractivity contribution in [2.75, 3.05) is 20.1 Å². The normalized spacial score (nSPS) is 35.8. The van der Waals surface area contributed by atoms with Crippen molar-refractivity contribution in [1.82, 2.24) is 14.3 Å². The topological polar surface area (TPSA) is 61.4 Å². The lowest BCUT2D eigenvalue weighted by molar-refractivity contribution is 0.212. The molecule has 0 aromatic heterocycles. The van der Waals surface area contributed by atoms with Gasteiger partial charge >= 0.3 is 0 Å². The molecule has 4 unspecified atom stereocenters. The van der Waals surface area contributed by atoms with Crippen LogP contribution in [0.25, 0.3) is 0 Å². The molecule has 2 aliphatic rings. The molecule has 0 spiro atoms. The average molecular weight is 317 g/mol. The highest BCUT2D eigenvalue weighted by Crippen LogP contribution is 2.30. The zero-order chi connectivity index (χ0) is 15.5. The van der Waals surface area contributed by atoms with Gasteiger partial charge in [0.2, 0.25) is 0 Å². The van der Waals surface area contributed by atoms with Crippen LogP contribution in [0.2, 0.25) is 0 Å². The maximum absolute atomic E-state index is 12.8. The van der Waals surface area contributed by atoms with E-state index in [4.69, 9.17) is 0 Å². The first kappa shape index (κ1) is 17.2. The quantitative estimate of drug-likeness (QED) is 0.811. The van der Waals surface area contributed by atoms with Gasteiger partial charge in [-0.1, -0.05) is 33.1 Å². The molecule has 1 aliphatic heterocycles. The fraction of sp³-hybridized carbons (Fsp3) is 1.00. The summed E-state index contributed by atoms with van der Waals surface area (Å²) in [6, 6.07) is 0.188. The maximum atomic E-state index is 12.8. The zero-order valence-electron chi connectivity index (χ0n) is 13.6. The van der Waals surface area contributed by atoms with E-state index in [1.807, 2.05) is 7.05 Å². The van der Waals surface area contributed by atoms with Gasteiger partial charge in [-0.25, -0.2) is 0 Å². The molecule has 1 saturated carbocycles. The lowest BCUT2D eigenvalue weighted by Crippen LogP contribution is -2.55. The number of nitrogens with zero attached hydrogens (tertiary/aromatic N) is 1. The minimum atomic E-state index is -3.37. The lowest BCUT2D eigenvalue weighted by Gasteiger charge is -2.39. The SMILES string of the molecule is CNCC1CCCCN1S(=O)(=O)NC1CCCC(C)C1C. The molecular formula is C15H31N3O2S. The monoisotopic (exact) mass is 317 g/mol. The van der Waals surface area contributed by atoms with Crippen LogP contribution in [0.5, 0.6) is 0 Å². The Labute approximate surface area is 130 Å². The van der Waals surface area contributed by atoms with Crippen LogP contribution >= 0.6 is 0 Å². The van der Waals surface area contributed by atoms with Gasteiger partial charge in [-0.2, -0.15) is 17.4 Å². The third-order valence-electron chi connectivity index (χ3n) is 5.33. The summed E-state index contributed by atoms with van der Waals surface area (Å²) in [6.07, 6.45) is 6.35. The second kappa shape index (κ2) is 7.40. The Morgan fingerprint density at radius 1 is 1.10 bits per heavy atom. The molecule has 6 heteroatoms. The van der Waals surface area contributed by atoms with Crippen molar-refractivity contribution in [2.24, 2.45) is 11.8 Å². The van der Waals surface area contributed by atoms with E-state index in [0.29, 0.717) is 18.4 Å². The Kier molecular flexibility index (Phi) is 6.05. The van der Waals surface area contributed by atoms with Gasteiger partial charge < -0.3 is 5.32 Å². The number of likely N-dealkylation sites (N-methyl/N-ethyl adjacent to an activating group) is 1. The fourth-order valence-electron chi connectivity index (χ4n) is 3.74. The molecule has 1 aliphatic carbocycles. The van der Waals surface area contributed by atoms with E-state index in [9.17, 15) is 8.42 Å². The second-order valence-electron chi connectivity index (χ2n) is 6.81. The van der Waals surface area contributed by atoms with E-state index in [1.54, 1.807) is 4.31 Å². The van der Waals surface area contributed by atoms with Crippen molar-refractivity contribution in [1.29, 1.82) is 0 Å². The van der Waals surface area contributed by atoms with Crippen LogP contribution < -0.4 is 10.0 Å². The lowest BCUT2D eigenvalue weighted by atomic mass is 9.78. The molecular weight excluding hydrogens is 286 g/mol. The molecule has 124 valence electrons. The van der Waals surface area contributed by atoms with Gasteiger partial charge in [0.15, 0.2) is 0 Å². The molecule has 0 aromatic carbocycles. The van der Waals surface area contributed by atoms with Gasteiger partial charge in [0.1, 0.15) is 0 Å². The summed E-state index contributed by atoms with van der Waals surface area (Å²) in [5.41, 5.74) is 0. The fourth-order valence-corrected chi connectivity index (χ4v) is 5.53. The molecule has 1 heterocycles. The van der Waals surface area contributed by atoms with Crippen molar-refractivity contribution in [3.05, 3.63) is 0 Å². The van der Waals surface area contributed by atoms with Crippen LogP contribution in [0.4, 0.5) is 0 Å². The molecule has 0 aromatic rings. The number of hydrogen-bond acceptors (Lipinski definition) is 3. The van der Waals surface area contributed by atoms with E-state index in [1.165, 1.54) is 6.42 Å². The first-order chi connectivity index (χ1) is 9.95. The van der Waals surface area contributed by atoms with Gasteiger partial charge in [-0.05, 0) is 38.1 Å². The number of nitrogens with one attached hydrogen (secondary N) is 2. The predicted octanol–water partition coefficient (Wildman–Crippen LogP) is 1.72. The Balaban J connectivity index is 2.05. The molecule has 0 bridgehead atoms. The first-order valence-electron chi connectivity index (χ1n) is 8.39. The van der Waals surface area contributed by atoms with E-state index in [0.717, 1.165) is 38.6 Å². The summed E-state index contributed by atoms with van der Waals surface area (Å²) in [7, 11) is -1.48. The second-order valence-corrected chi connectivity index (χ2v) is 8.47. The number of hydrogen-bond donors (Lipinski definition) is 2. The summed E-state index contributed by atoms with van der Waals surface area (Å²) in [6.45, 7) is 5.80. The minimum Gasteiger partial charge on any atom is -0.318 e. The highest BCUT2D eigenvalue weighted by molar-refractivity contribution is 7.87. The Hall–Kier alpha value is -0.170. The summed E-state index contributed by atoms with van der Waals surface area (Å²) in [5, 5.41) is 3.13. The highest BCUT2D eigenvalue weighted by atomic mass is 32.2. The van der Waals surface area contributed by atoms with Gasteiger partial charge in [0, 0.05) is 25.2 Å². The van der Waals surface area contributed by atoms with Gasteiger partial charge in [-0.3, -0.25) is 0 Å². The molecule has 5 nitrogen and oxygen atoms in total. The molecule has 4 atom stereocenters. The molecule has 2 N–H and O–H groups in total. The van der Waals surface area contributed by atoms with Crippen molar-refractivity contribution >= 4 is 10.2 Å². The number of piperidine rings is 1. The predicted molar refractivity (Wildman–Crippen MR) is 86.3 cm³/mol. The summed E-state index contributed by atoms with van der Waals surface area (Å²) in [4.78, 5) is 0. The largest absolute Gasteiger partial charge is 0.318 e. The summed E-state index contributed by atoms with van der Waals surface area (Å²) in [5.74, 6) is 1.02. The van der Waals surface area contributed by atoms with Gasteiger partial charge in [-0.15, -0.1) is 0 Å². The van der Waals surface area contributed by atoms with E-state index >= 15 is 0 Å². The van der Waals surface area contributed by atoms with Crippen molar-refractivity contribution in [3.8, 4) is 0 Å². The van der Waals surface area contributed by atoms with E-state index in [-0.39, 0.29) is 12.1 Å². The minimum absolute atomic E-state index is 0.0934. The van der Waals surface area contributed by atoms with Crippen molar-refractivity contribution in [2.45, 2.75) is 64.5 Å². The Morgan fingerprint density at radius 2 is 1.86 bits per heavy atom. The third-order valence-corrected chi connectivity index (χ3v) is 7.03. The summed E-state index contributed by atoms with van der Waals surface area (Å²) < 4.78 is 30.3. The van der Waals surface area contributed by atoms with E-state index < -0.39 is 10.2 Å². The van der Waals surface area contributed by atoms with Crippen LogP contribution in [-0.4, -0.2) is 44.9 Å². The smallest absolute Gasteiger partial charge is 0.280 e. The summed E-state index contributed by atoms with van der Waals surface area (Å²) >= 11 is 0. The van der Waals surface area contributed by atoms with Gasteiger partial charge in [0.05, 0.1) is 0 Å². The van der Waals surface area contributed by atoms with Crippen molar-refractivity contribution < 1.29 is 8.42 Å². The van der Waals surface area contributed by atoms with E-state index in [2.05, 4.69) is 23.9 Å². The Morgan fingerprint density at radius 3 is 2.57 bits per heavy atom. The molecule has 2 fully saturated rings. The van der Waals surface area contributed by atoms with Crippen LogP contribution in [0.1, 0.15) is 52.4 Å². The van der Waals surface area contributed by atoms with Crippen LogP contribution in [0.15, 0.2) is 0 Å². The molecule has 0 radical (unpaired) electrons. The van der Waals surface area contributed by atoms with Crippen LogP contribution in [0, 0.1) is 11.8 Å². The van der Waals surface area contributed by atoms with Crippen LogP contribution in [0.3, 0.4) is 0 Å². The Bertz CT molecular complexity index is 425. The standard InChI is InChI=1S/C15H31N3O2S/c1-12-7-6-9-15(13(12)2)17-21(19,20)18-10-5-4-8-14(18)11-16-3/h12-17H,4-11H2,1-3H3. The van der Waals surface area contributed by atoms with Gasteiger partial charge in [0.25, 0.3) is 10.2 Å². The molecule has 21 heavy (non-hydrogen) atoms. The van der Waals surface area contributed by atoms with Crippen molar-refractivity contribution in [3.63, 3.8) is 0 Å². The molecule has 0 amide bonds. The maximum Gasteiger partial charge on any atom is 0.280 e. The molecule has 1 saturated heterocycles. The number of rotatable bonds is 5. The third kappa shape index (κ3) is 4.18. The first-order valence-corrected chi connectivity index (χ1v) is 9.83. The highest BCUT2D eigenvalue weighted by Gasteiger charge is 2.36. The zero-order valence-corrected chi connectivity index (χ0v) is 14.5. The average Bonchev–Trinajstić information content (AvgIpc) is 2.44. The molecule has 2 rings (SSSR count). The van der Waals surface area contributed by atoms with Crippen LogP contribution in [-0.2, 0) is 10.2 Å².